The molecule has 0 bridgehead atoms. The number of benzene rings is 1. The Balaban J connectivity index is 1.47. The lowest BCUT2D eigenvalue weighted by molar-refractivity contribution is -0.123. The molecule has 0 saturated carbocycles. The number of carbonyl (C=O) groups is 1. The van der Waals surface area contributed by atoms with Gasteiger partial charge in [-0.05, 0) is 68.1 Å². The van der Waals surface area contributed by atoms with Crippen molar-refractivity contribution in [3.8, 4) is 0 Å². The van der Waals surface area contributed by atoms with E-state index in [4.69, 9.17) is 16.6 Å². The van der Waals surface area contributed by atoms with Gasteiger partial charge in [0.05, 0.1) is 32.7 Å². The highest BCUT2D eigenvalue weighted by atomic mass is 35.5. The number of rotatable bonds is 6. The second-order valence-electron chi connectivity index (χ2n) is 8.93. The summed E-state index contributed by atoms with van der Waals surface area (Å²) in [6.07, 6.45) is 2.91. The number of thiophene rings is 1. The van der Waals surface area contributed by atoms with Crippen molar-refractivity contribution in [2.24, 2.45) is 5.92 Å². The van der Waals surface area contributed by atoms with Gasteiger partial charge in [0.25, 0.3) is 10.0 Å². The van der Waals surface area contributed by atoms with Crippen molar-refractivity contribution >= 4 is 65.6 Å². The van der Waals surface area contributed by atoms with E-state index in [1.807, 2.05) is 38.1 Å². The monoisotopic (exact) mass is 560 g/mol. The summed E-state index contributed by atoms with van der Waals surface area (Å²) in [5.74, 6) is -0.624. The summed E-state index contributed by atoms with van der Waals surface area (Å²) in [4.78, 5) is 24.9. The number of thiazole rings is 1. The third kappa shape index (κ3) is 5.05. The highest BCUT2D eigenvalue weighted by Gasteiger charge is 2.37. The van der Waals surface area contributed by atoms with Crippen molar-refractivity contribution in [1.29, 1.82) is 0 Å². The Morgan fingerprint density at radius 1 is 1.19 bits per heavy atom. The van der Waals surface area contributed by atoms with Crippen LogP contribution in [-0.4, -0.2) is 41.7 Å². The summed E-state index contributed by atoms with van der Waals surface area (Å²) >= 11 is 8.50. The third-order valence-electron chi connectivity index (χ3n) is 6.23. The van der Waals surface area contributed by atoms with Crippen LogP contribution in [0.3, 0.4) is 0 Å². The molecule has 3 aromatic heterocycles. The highest BCUT2D eigenvalue weighted by Crippen LogP contribution is 2.35. The van der Waals surface area contributed by atoms with E-state index in [0.717, 1.165) is 38.4 Å². The van der Waals surface area contributed by atoms with Crippen LogP contribution in [0.5, 0.6) is 0 Å². The molecular formula is C25H25ClN4O3S3. The zero-order chi connectivity index (χ0) is 25.4. The Kier molecular flexibility index (Phi) is 7.15. The fourth-order valence-corrected chi connectivity index (χ4v) is 8.70. The van der Waals surface area contributed by atoms with E-state index >= 15 is 0 Å². The van der Waals surface area contributed by atoms with Gasteiger partial charge in [-0.3, -0.25) is 14.7 Å². The molecule has 5 rings (SSSR count). The largest absolute Gasteiger partial charge is 0.282 e. The molecule has 1 fully saturated rings. The number of hydrogen-bond donors (Lipinski definition) is 0. The maximum Gasteiger partial charge on any atom is 0.252 e. The highest BCUT2D eigenvalue weighted by molar-refractivity contribution is 7.91. The number of piperidine rings is 1. The fraction of sp³-hybridized carbons (Fsp3) is 0.320. The zero-order valence-electron chi connectivity index (χ0n) is 19.8. The van der Waals surface area contributed by atoms with Crippen LogP contribution in [0.15, 0.2) is 52.9 Å². The average molecular weight is 561 g/mol. The zero-order valence-corrected chi connectivity index (χ0v) is 23.1. The molecule has 0 N–H and O–H groups in total. The Labute approximate surface area is 223 Å². The topological polar surface area (TPSA) is 83.5 Å². The summed E-state index contributed by atoms with van der Waals surface area (Å²) < 4.78 is 29.5. The van der Waals surface area contributed by atoms with E-state index in [1.165, 1.54) is 21.7 Å². The second-order valence-corrected chi connectivity index (χ2v) is 13.8. The van der Waals surface area contributed by atoms with Gasteiger partial charge in [0.2, 0.25) is 5.91 Å². The van der Waals surface area contributed by atoms with Crippen molar-refractivity contribution < 1.29 is 13.2 Å². The SMILES string of the molecule is Cc1cc(C)c2sc(N(Cc3ccccn3)C(=O)C3CCCN(S(=O)(=O)c4ccc(Cl)s4)C3)nc2c1. The lowest BCUT2D eigenvalue weighted by Gasteiger charge is -2.33. The second kappa shape index (κ2) is 10.2. The van der Waals surface area contributed by atoms with Crippen molar-refractivity contribution in [1.82, 2.24) is 14.3 Å². The summed E-state index contributed by atoms with van der Waals surface area (Å²) in [5.41, 5.74) is 3.82. The molecule has 188 valence electrons. The van der Waals surface area contributed by atoms with Crippen LogP contribution >= 0.6 is 34.3 Å². The number of carbonyl (C=O) groups excluding carboxylic acids is 1. The van der Waals surface area contributed by atoms with Gasteiger partial charge < -0.3 is 0 Å². The number of aryl methyl sites for hydroxylation is 2. The first kappa shape index (κ1) is 25.3. The number of fused-ring (bicyclic) bond motifs is 1. The molecule has 0 spiro atoms. The number of anilines is 1. The molecule has 0 radical (unpaired) electrons. The predicted octanol–water partition coefficient (Wildman–Crippen LogP) is 5.66. The van der Waals surface area contributed by atoms with Gasteiger partial charge in [-0.2, -0.15) is 4.31 Å². The van der Waals surface area contributed by atoms with E-state index in [2.05, 4.69) is 11.1 Å². The molecule has 1 aliphatic heterocycles. The molecule has 11 heteroatoms. The smallest absolute Gasteiger partial charge is 0.252 e. The first-order chi connectivity index (χ1) is 17.2. The molecule has 7 nitrogen and oxygen atoms in total. The van der Waals surface area contributed by atoms with Crippen molar-refractivity contribution in [3.63, 3.8) is 0 Å². The minimum absolute atomic E-state index is 0.123. The van der Waals surface area contributed by atoms with Gasteiger partial charge in [0, 0.05) is 19.3 Å². The molecular weight excluding hydrogens is 536 g/mol. The molecule has 4 aromatic rings. The summed E-state index contributed by atoms with van der Waals surface area (Å²) in [6.45, 7) is 4.84. The average Bonchev–Trinajstić information content (AvgIpc) is 3.50. The maximum absolute atomic E-state index is 14.0. The Morgan fingerprint density at radius 3 is 2.75 bits per heavy atom. The predicted molar refractivity (Wildman–Crippen MR) is 145 cm³/mol. The lowest BCUT2D eigenvalue weighted by atomic mass is 9.98. The minimum Gasteiger partial charge on any atom is -0.282 e. The fourth-order valence-electron chi connectivity index (χ4n) is 4.52. The number of amides is 1. The van der Waals surface area contributed by atoms with E-state index in [0.29, 0.717) is 28.9 Å². The van der Waals surface area contributed by atoms with Crippen molar-refractivity contribution in [3.05, 3.63) is 69.8 Å². The molecule has 4 heterocycles. The van der Waals surface area contributed by atoms with Gasteiger partial charge in [-0.15, -0.1) is 11.3 Å². The van der Waals surface area contributed by atoms with Gasteiger partial charge in [-0.25, -0.2) is 13.4 Å². The number of nitrogens with zero attached hydrogens (tertiary/aromatic N) is 4. The van der Waals surface area contributed by atoms with Crippen LogP contribution in [0.1, 0.15) is 29.7 Å². The van der Waals surface area contributed by atoms with Crippen molar-refractivity contribution in [2.75, 3.05) is 18.0 Å². The van der Waals surface area contributed by atoms with E-state index in [-0.39, 0.29) is 23.2 Å². The van der Waals surface area contributed by atoms with E-state index in [9.17, 15) is 13.2 Å². The Hall–Kier alpha value is -2.37. The Morgan fingerprint density at radius 2 is 2.03 bits per heavy atom. The third-order valence-corrected chi connectivity index (χ3v) is 11.0. The molecule has 0 aliphatic carbocycles. The van der Waals surface area contributed by atoms with Crippen LogP contribution in [0.4, 0.5) is 5.13 Å². The summed E-state index contributed by atoms with van der Waals surface area (Å²) in [7, 11) is -3.72. The number of aromatic nitrogens is 2. The minimum atomic E-state index is -3.72. The number of halogens is 1. The lowest BCUT2D eigenvalue weighted by Crippen LogP contribution is -2.46. The van der Waals surface area contributed by atoms with Gasteiger partial charge in [-0.1, -0.05) is 35.1 Å². The molecule has 1 unspecified atom stereocenters. The van der Waals surface area contributed by atoms with Crippen LogP contribution in [0.2, 0.25) is 4.34 Å². The first-order valence-electron chi connectivity index (χ1n) is 11.6. The van der Waals surface area contributed by atoms with Crippen LogP contribution in [-0.2, 0) is 21.4 Å². The van der Waals surface area contributed by atoms with Crippen LogP contribution in [0, 0.1) is 19.8 Å². The summed E-state index contributed by atoms with van der Waals surface area (Å²) in [6, 6.07) is 12.8. The van der Waals surface area contributed by atoms with Gasteiger partial charge in [0.1, 0.15) is 4.21 Å². The normalized spacial score (nSPS) is 16.9. The Bertz CT molecular complexity index is 1520. The number of sulfonamides is 1. The number of pyridine rings is 1. The molecule has 1 atom stereocenters. The molecule has 1 saturated heterocycles. The van der Waals surface area contributed by atoms with Gasteiger partial charge >= 0.3 is 0 Å². The van der Waals surface area contributed by atoms with Crippen molar-refractivity contribution in [2.45, 2.75) is 37.4 Å². The van der Waals surface area contributed by atoms with Crippen LogP contribution < -0.4 is 4.90 Å². The first-order valence-corrected chi connectivity index (χ1v) is 15.0. The number of hydrogen-bond acceptors (Lipinski definition) is 7. The molecule has 1 aliphatic rings. The van der Waals surface area contributed by atoms with E-state index < -0.39 is 15.9 Å². The quantitative estimate of drug-likeness (QED) is 0.304. The van der Waals surface area contributed by atoms with Crippen LogP contribution in [0.25, 0.3) is 10.2 Å². The maximum atomic E-state index is 14.0. The standard InChI is InChI=1S/C25H25ClN4O3S3/c1-16-12-17(2)23-20(13-16)28-25(35-23)30(15-19-7-3-4-10-27-19)24(31)18-6-5-11-29(14-18)36(32,33)22-9-8-21(26)34-22/h3-4,7-10,12-13,18H,5-6,11,14-15H2,1-2H3. The summed E-state index contributed by atoms with van der Waals surface area (Å²) in [5, 5.41) is 0.597. The molecule has 36 heavy (non-hydrogen) atoms. The van der Waals surface area contributed by atoms with E-state index in [1.54, 1.807) is 17.2 Å². The molecule has 1 aromatic carbocycles. The van der Waals surface area contributed by atoms with Gasteiger partial charge in [0.15, 0.2) is 5.13 Å². The molecule has 1 amide bonds.